The maximum absolute atomic E-state index is 5.90. The van der Waals surface area contributed by atoms with Gasteiger partial charge in [0.25, 0.3) is 0 Å². The molecule has 1 aromatic heterocycles. The monoisotopic (exact) mass is 265 g/mol. The van der Waals surface area contributed by atoms with Crippen molar-refractivity contribution in [3.8, 4) is 0 Å². The van der Waals surface area contributed by atoms with E-state index in [1.54, 1.807) is 0 Å². The number of hydrogen-bond acceptors (Lipinski definition) is 2. The van der Waals surface area contributed by atoms with Gasteiger partial charge in [0, 0.05) is 16.4 Å². The van der Waals surface area contributed by atoms with Crippen LogP contribution < -0.4 is 5.73 Å². The maximum atomic E-state index is 5.90. The number of halogens is 1. The highest BCUT2D eigenvalue weighted by atomic mass is 79.9. The lowest BCUT2D eigenvalue weighted by atomic mass is 10.2. The van der Waals surface area contributed by atoms with E-state index >= 15 is 0 Å². The number of aromatic nitrogens is 2. The summed E-state index contributed by atoms with van der Waals surface area (Å²) in [4.78, 5) is 0. The average molecular weight is 266 g/mol. The number of rotatable bonds is 2. The Morgan fingerprint density at radius 2 is 2.27 bits per heavy atom. The number of nitrogens with two attached hydrogens (primary N) is 1. The molecule has 1 aromatic carbocycles. The number of nitrogen functional groups attached to an aromatic ring is 1. The van der Waals surface area contributed by atoms with Gasteiger partial charge in [0.15, 0.2) is 0 Å². The van der Waals surface area contributed by atoms with Crippen molar-refractivity contribution in [1.82, 2.24) is 9.78 Å². The van der Waals surface area contributed by atoms with Gasteiger partial charge in [0.05, 0.1) is 12.7 Å². The highest BCUT2D eigenvalue weighted by Crippen LogP contribution is 2.19. The lowest BCUT2D eigenvalue weighted by Gasteiger charge is -2.06. The Morgan fingerprint density at radius 3 is 2.87 bits per heavy atom. The van der Waals surface area contributed by atoms with Crippen molar-refractivity contribution in [2.75, 3.05) is 5.73 Å². The first-order valence-electron chi connectivity index (χ1n) is 4.68. The summed E-state index contributed by atoms with van der Waals surface area (Å²) in [6, 6.07) is 5.91. The Balaban J connectivity index is 2.24. The first-order valence-corrected chi connectivity index (χ1v) is 5.47. The van der Waals surface area contributed by atoms with Gasteiger partial charge >= 0.3 is 0 Å². The number of anilines is 1. The molecule has 1 heterocycles. The second-order valence-corrected chi connectivity index (χ2v) is 4.47. The Kier molecular flexibility index (Phi) is 2.77. The highest BCUT2D eigenvalue weighted by molar-refractivity contribution is 9.10. The number of aryl methyl sites for hydroxylation is 1. The van der Waals surface area contributed by atoms with Gasteiger partial charge in [-0.15, -0.1) is 0 Å². The first kappa shape index (κ1) is 10.2. The van der Waals surface area contributed by atoms with Gasteiger partial charge in [-0.3, -0.25) is 4.68 Å². The molecule has 0 amide bonds. The van der Waals surface area contributed by atoms with Crippen LogP contribution in [0.5, 0.6) is 0 Å². The topological polar surface area (TPSA) is 43.8 Å². The summed E-state index contributed by atoms with van der Waals surface area (Å²) < 4.78 is 2.88. The third-order valence-corrected chi connectivity index (χ3v) is 2.70. The van der Waals surface area contributed by atoms with Crippen molar-refractivity contribution in [3.63, 3.8) is 0 Å². The number of nitrogens with zero attached hydrogens (tertiary/aromatic N) is 2. The van der Waals surface area contributed by atoms with Crippen LogP contribution in [-0.2, 0) is 6.54 Å². The van der Waals surface area contributed by atoms with Gasteiger partial charge < -0.3 is 5.73 Å². The third-order valence-electron chi connectivity index (χ3n) is 2.20. The molecule has 0 unspecified atom stereocenters. The second kappa shape index (κ2) is 4.06. The standard InChI is InChI=1S/C11H12BrN3/c1-8-5-14-15(6-8)7-9-2-3-10(12)4-11(9)13/h2-6H,7,13H2,1H3. The van der Waals surface area contributed by atoms with E-state index in [9.17, 15) is 0 Å². The zero-order valence-electron chi connectivity index (χ0n) is 8.44. The molecule has 0 saturated heterocycles. The fourth-order valence-electron chi connectivity index (χ4n) is 1.44. The Bertz CT molecular complexity index is 476. The Hall–Kier alpha value is -1.29. The largest absolute Gasteiger partial charge is 0.398 e. The van der Waals surface area contributed by atoms with Crippen LogP contribution in [0, 0.1) is 6.92 Å². The smallest absolute Gasteiger partial charge is 0.0679 e. The van der Waals surface area contributed by atoms with Gasteiger partial charge in [0.2, 0.25) is 0 Å². The van der Waals surface area contributed by atoms with E-state index in [0.29, 0.717) is 6.54 Å². The van der Waals surface area contributed by atoms with Crippen molar-refractivity contribution >= 4 is 21.6 Å². The zero-order valence-corrected chi connectivity index (χ0v) is 10.0. The fraction of sp³-hybridized carbons (Fsp3) is 0.182. The van der Waals surface area contributed by atoms with E-state index in [1.165, 1.54) is 0 Å². The highest BCUT2D eigenvalue weighted by Gasteiger charge is 2.01. The summed E-state index contributed by atoms with van der Waals surface area (Å²) in [5.41, 5.74) is 8.94. The van der Waals surface area contributed by atoms with Gasteiger partial charge in [-0.2, -0.15) is 5.10 Å². The van der Waals surface area contributed by atoms with Crippen molar-refractivity contribution in [3.05, 3.63) is 46.2 Å². The molecule has 2 aromatic rings. The molecule has 2 N–H and O–H groups in total. The summed E-state index contributed by atoms with van der Waals surface area (Å²) in [5, 5.41) is 4.22. The molecule has 15 heavy (non-hydrogen) atoms. The average Bonchev–Trinajstić information content (AvgIpc) is 2.56. The first-order chi connectivity index (χ1) is 7.15. The molecule has 3 nitrogen and oxygen atoms in total. The molecule has 0 bridgehead atoms. The SMILES string of the molecule is Cc1cnn(Cc2ccc(Br)cc2N)c1. The van der Waals surface area contributed by atoms with Crippen LogP contribution in [-0.4, -0.2) is 9.78 Å². The van der Waals surface area contributed by atoms with Crippen molar-refractivity contribution in [2.45, 2.75) is 13.5 Å². The Labute approximate surface area is 97.0 Å². The van der Waals surface area contributed by atoms with E-state index in [1.807, 2.05) is 42.2 Å². The molecule has 0 saturated carbocycles. The molecule has 0 spiro atoms. The molecule has 2 rings (SSSR count). The molecule has 0 atom stereocenters. The molecular weight excluding hydrogens is 254 g/mol. The minimum absolute atomic E-state index is 0.715. The Morgan fingerprint density at radius 1 is 1.47 bits per heavy atom. The lowest BCUT2D eigenvalue weighted by molar-refractivity contribution is 0.688. The summed E-state index contributed by atoms with van der Waals surface area (Å²) in [5.74, 6) is 0. The zero-order chi connectivity index (χ0) is 10.8. The molecule has 0 aliphatic rings. The third kappa shape index (κ3) is 2.39. The summed E-state index contributed by atoms with van der Waals surface area (Å²) in [6.45, 7) is 2.74. The number of hydrogen-bond donors (Lipinski definition) is 1. The quantitative estimate of drug-likeness (QED) is 0.849. The summed E-state index contributed by atoms with van der Waals surface area (Å²) >= 11 is 3.38. The minimum Gasteiger partial charge on any atom is -0.398 e. The van der Waals surface area contributed by atoms with Crippen LogP contribution in [0.4, 0.5) is 5.69 Å². The summed E-state index contributed by atoms with van der Waals surface area (Å²) in [6.07, 6.45) is 3.84. The van der Waals surface area contributed by atoms with Crippen molar-refractivity contribution in [1.29, 1.82) is 0 Å². The molecule has 0 radical (unpaired) electrons. The fourth-order valence-corrected chi connectivity index (χ4v) is 1.82. The van der Waals surface area contributed by atoms with E-state index in [2.05, 4.69) is 21.0 Å². The normalized spacial score (nSPS) is 10.5. The van der Waals surface area contributed by atoms with E-state index in [0.717, 1.165) is 21.3 Å². The van der Waals surface area contributed by atoms with Crippen molar-refractivity contribution < 1.29 is 0 Å². The van der Waals surface area contributed by atoms with Crippen LogP contribution in [0.15, 0.2) is 35.1 Å². The lowest BCUT2D eigenvalue weighted by Crippen LogP contribution is -2.03. The van der Waals surface area contributed by atoms with Gasteiger partial charge in [-0.25, -0.2) is 0 Å². The minimum atomic E-state index is 0.715. The van der Waals surface area contributed by atoms with Crippen molar-refractivity contribution in [2.24, 2.45) is 0 Å². The second-order valence-electron chi connectivity index (χ2n) is 3.56. The van der Waals surface area contributed by atoms with Crippen LogP contribution in [0.25, 0.3) is 0 Å². The van der Waals surface area contributed by atoms with Crippen LogP contribution >= 0.6 is 15.9 Å². The van der Waals surface area contributed by atoms with Gasteiger partial charge in [0.1, 0.15) is 0 Å². The molecular formula is C11H12BrN3. The molecule has 0 aliphatic heterocycles. The van der Waals surface area contributed by atoms with Gasteiger partial charge in [-0.1, -0.05) is 22.0 Å². The van der Waals surface area contributed by atoms with E-state index < -0.39 is 0 Å². The maximum Gasteiger partial charge on any atom is 0.0679 e. The molecule has 0 fully saturated rings. The number of benzene rings is 1. The summed E-state index contributed by atoms with van der Waals surface area (Å²) in [7, 11) is 0. The van der Waals surface area contributed by atoms with Crippen LogP contribution in [0.1, 0.15) is 11.1 Å². The van der Waals surface area contributed by atoms with Crippen LogP contribution in [0.2, 0.25) is 0 Å². The predicted octanol–water partition coefficient (Wildman–Crippen LogP) is 2.58. The van der Waals surface area contributed by atoms with E-state index in [4.69, 9.17) is 5.73 Å². The molecule has 78 valence electrons. The van der Waals surface area contributed by atoms with E-state index in [-0.39, 0.29) is 0 Å². The van der Waals surface area contributed by atoms with Crippen LogP contribution in [0.3, 0.4) is 0 Å². The molecule has 0 aliphatic carbocycles. The van der Waals surface area contributed by atoms with Gasteiger partial charge in [-0.05, 0) is 30.2 Å². The predicted molar refractivity (Wildman–Crippen MR) is 64.6 cm³/mol. The molecule has 4 heteroatoms.